The number of hydrogen-bond acceptors (Lipinski definition) is 6. The van der Waals surface area contributed by atoms with Crippen LogP contribution in [-0.2, 0) is 0 Å². The van der Waals surface area contributed by atoms with Gasteiger partial charge >= 0.3 is 0 Å². The summed E-state index contributed by atoms with van der Waals surface area (Å²) in [7, 11) is 0. The van der Waals surface area contributed by atoms with Gasteiger partial charge < -0.3 is 27.4 Å². The molecule has 0 amide bonds. The molecule has 150 heavy (non-hydrogen) atoms. The van der Waals surface area contributed by atoms with Crippen molar-refractivity contribution < 1.29 is 0 Å². The first-order valence-corrected chi connectivity index (χ1v) is 50.8. The molecule has 0 aliphatic heterocycles. The Bertz CT molecular complexity index is 9920. The Balaban J connectivity index is 0.000000112. The van der Waals surface area contributed by atoms with Gasteiger partial charge in [0.1, 0.15) is 0 Å². The van der Waals surface area contributed by atoms with Crippen LogP contribution in [0.5, 0.6) is 0 Å². The molecule has 9 aromatic heterocycles. The molecule has 702 valence electrons. The van der Waals surface area contributed by atoms with Crippen molar-refractivity contribution in [2.45, 2.75) is 0 Å². The minimum Gasteiger partial charge on any atom is -0.309 e. The molecule has 0 radical (unpaired) electrons. The van der Waals surface area contributed by atoms with Crippen LogP contribution >= 0.6 is 0 Å². The Morgan fingerprint density at radius 2 is 0.267 bits per heavy atom. The zero-order valence-electron chi connectivity index (χ0n) is 81.3. The molecule has 12 nitrogen and oxygen atoms in total. The van der Waals surface area contributed by atoms with E-state index in [1.165, 1.54) is 98.0 Å². The lowest BCUT2D eigenvalue weighted by Gasteiger charge is -2.15. The van der Waals surface area contributed by atoms with Crippen molar-refractivity contribution in [2.75, 3.05) is 0 Å². The molecule has 0 fully saturated rings. The van der Waals surface area contributed by atoms with Crippen LogP contribution in [0.3, 0.4) is 0 Å². The monoisotopic (exact) mass is 1910 g/mol. The fourth-order valence-electron chi connectivity index (χ4n) is 22.5. The fraction of sp³-hybridized carbons (Fsp3) is 0. The molecule has 0 bridgehead atoms. The normalized spacial score (nSPS) is 11.6. The highest BCUT2D eigenvalue weighted by molar-refractivity contribution is 6.17. The predicted molar refractivity (Wildman–Crippen MR) is 621 cm³/mol. The van der Waals surface area contributed by atoms with Crippen molar-refractivity contribution in [3.05, 3.63) is 546 Å². The molecular weight excluding hydrogens is 1830 g/mol. The summed E-state index contributed by atoms with van der Waals surface area (Å²) in [5.41, 5.74) is 35.0. The summed E-state index contributed by atoms with van der Waals surface area (Å²) in [5, 5.41) is 14.7. The number of rotatable bonds is 15. The third-order valence-corrected chi connectivity index (χ3v) is 29.2. The minimum atomic E-state index is 0.671. The van der Waals surface area contributed by atoms with E-state index in [9.17, 15) is 0 Å². The van der Waals surface area contributed by atoms with E-state index >= 15 is 0 Å². The van der Waals surface area contributed by atoms with Gasteiger partial charge in [0.05, 0.1) is 117 Å². The van der Waals surface area contributed by atoms with Gasteiger partial charge in [-0.05, 0) is 164 Å². The van der Waals surface area contributed by atoms with E-state index < -0.39 is 0 Å². The van der Waals surface area contributed by atoms with Crippen LogP contribution in [0.15, 0.2) is 546 Å². The fourth-order valence-corrected chi connectivity index (χ4v) is 22.5. The zero-order valence-corrected chi connectivity index (χ0v) is 81.3. The summed E-state index contributed by atoms with van der Waals surface area (Å²) >= 11 is 0. The molecule has 0 N–H and O–H groups in total. The van der Waals surface area contributed by atoms with E-state index in [4.69, 9.17) is 29.9 Å². The smallest absolute Gasteiger partial charge is 0.162 e. The molecule has 9 heterocycles. The molecular formula is C138H90N12. The van der Waals surface area contributed by atoms with Crippen LogP contribution in [0, 0.1) is 0 Å². The van der Waals surface area contributed by atoms with E-state index in [2.05, 4.69) is 513 Å². The van der Waals surface area contributed by atoms with Gasteiger partial charge in [-0.3, -0.25) is 0 Å². The molecule has 0 aliphatic rings. The summed E-state index contributed by atoms with van der Waals surface area (Å²) < 4.78 is 14.3. The number of fused-ring (bicyclic) bond motifs is 18. The Hall–Kier alpha value is -20.3. The van der Waals surface area contributed by atoms with Crippen molar-refractivity contribution in [3.8, 4) is 136 Å². The Labute approximate surface area is 863 Å². The highest BCUT2D eigenvalue weighted by Gasteiger charge is 2.27. The molecule has 0 aliphatic carbocycles. The first-order valence-electron chi connectivity index (χ1n) is 50.8. The maximum absolute atomic E-state index is 5.31. The molecule has 21 aromatic carbocycles. The highest BCUT2D eigenvalue weighted by Crippen LogP contribution is 2.47. The van der Waals surface area contributed by atoms with E-state index in [0.717, 1.165) is 151 Å². The Morgan fingerprint density at radius 1 is 0.113 bits per heavy atom. The average molecular weight is 1920 g/mol. The van der Waals surface area contributed by atoms with Crippen LogP contribution in [0.4, 0.5) is 0 Å². The summed E-state index contributed by atoms with van der Waals surface area (Å²) in [6.07, 6.45) is 0. The third kappa shape index (κ3) is 15.2. The van der Waals surface area contributed by atoms with Gasteiger partial charge in [0.2, 0.25) is 0 Å². The SMILES string of the molecule is c1ccc(-c2cc(-c3ccccc3)nc(-c3ccccc3-n3c4ccc(-n5c6ccccc6c6ccccc65)cc4c4cc(-n5c6ccccc6c6ccccc65)ccc43)n2)cc1.c1ccc(-c2cc(-c3ccccc3)nc(-c3ccccc3-n3c4ccccc4c4cc(-n5c6ccccc6c6ccccc65)ccc43)n2)cc1.c1ccc(-c2cc(-c3ccccc3)nc(-c3ccccc3-n3c4ccccc4c4ccccc43)n2)cc1. The van der Waals surface area contributed by atoms with Crippen LogP contribution in [0.1, 0.15) is 0 Å². The van der Waals surface area contributed by atoms with Crippen molar-refractivity contribution in [1.82, 2.24) is 57.3 Å². The maximum atomic E-state index is 5.31. The standard InChI is InChI=1S/C58H37N5.C46H30N4.C34H23N3/c1-3-17-38(18-4-1)49-37-50(39-19-5-2-6-20-39)60-58(59-49)46-25-11-16-30-55(46)63-56-33-31-40(61-51-26-12-7-21-42(51)43-22-8-13-27-52(43)61)35-47(56)48-36-41(32-34-57(48)63)62-53-28-14-9-23-44(53)45-24-10-15-29-54(45)62;1-3-15-31(16-4-1)39-30-40(32-17-5-2-6-18-32)48-46(47-39)37-22-10-14-26-44(37)50-43-25-13-9-21-36(43)38-29-33(27-28-45(38)50)49-41-23-11-7-19-34(41)35-20-8-12-24-42(35)49;1-3-13-24(14-4-1)29-23-30(25-15-5-2-6-16-25)36-34(35-29)28-19-9-12-22-33(28)37-31-20-10-7-17-26(31)27-18-8-11-21-32(27)37/h1-37H;1-30H;1-23H. The zero-order chi connectivity index (χ0) is 99.1. The van der Waals surface area contributed by atoms with E-state index in [-0.39, 0.29) is 0 Å². The first kappa shape index (κ1) is 87.5. The summed E-state index contributed by atoms with van der Waals surface area (Å²) in [4.78, 5) is 31.2. The van der Waals surface area contributed by atoms with Crippen molar-refractivity contribution >= 4 is 131 Å². The van der Waals surface area contributed by atoms with Gasteiger partial charge in [-0.1, -0.05) is 382 Å². The average Bonchev–Trinajstić information content (AvgIpc) is 1.55. The summed E-state index contributed by atoms with van der Waals surface area (Å²) in [5.74, 6) is 2.07. The quantitative estimate of drug-likeness (QED) is 0.101. The van der Waals surface area contributed by atoms with Gasteiger partial charge in [-0.2, -0.15) is 0 Å². The molecule has 12 heteroatoms. The molecule has 30 rings (SSSR count). The molecule has 0 atom stereocenters. The third-order valence-electron chi connectivity index (χ3n) is 29.2. The van der Waals surface area contributed by atoms with Crippen LogP contribution in [0.2, 0.25) is 0 Å². The second-order valence-corrected chi connectivity index (χ2v) is 37.9. The van der Waals surface area contributed by atoms with Gasteiger partial charge in [-0.25, -0.2) is 29.9 Å². The first-order chi connectivity index (χ1) is 74.4. The number of benzene rings is 21. The molecule has 0 saturated carbocycles. The van der Waals surface area contributed by atoms with Crippen molar-refractivity contribution in [2.24, 2.45) is 0 Å². The second-order valence-electron chi connectivity index (χ2n) is 37.9. The predicted octanol–water partition coefficient (Wildman–Crippen LogP) is 35.0. The van der Waals surface area contributed by atoms with Gasteiger partial charge in [0.15, 0.2) is 17.5 Å². The minimum absolute atomic E-state index is 0.671. The number of nitrogens with zero attached hydrogens (tertiary/aromatic N) is 12. The van der Waals surface area contributed by atoms with Crippen molar-refractivity contribution in [3.63, 3.8) is 0 Å². The van der Waals surface area contributed by atoms with Gasteiger partial charge in [0, 0.05) is 132 Å². The molecule has 0 unspecified atom stereocenters. The molecule has 30 aromatic rings. The second kappa shape index (κ2) is 37.1. The van der Waals surface area contributed by atoms with Crippen LogP contribution in [0.25, 0.3) is 267 Å². The highest BCUT2D eigenvalue weighted by atomic mass is 15.1. The van der Waals surface area contributed by atoms with E-state index in [0.29, 0.717) is 17.5 Å². The lowest BCUT2D eigenvalue weighted by atomic mass is 10.1. The Morgan fingerprint density at radius 3 is 0.473 bits per heavy atom. The van der Waals surface area contributed by atoms with Crippen molar-refractivity contribution in [1.29, 1.82) is 0 Å². The lowest BCUT2D eigenvalue weighted by Crippen LogP contribution is -2.02. The van der Waals surface area contributed by atoms with Crippen LogP contribution < -0.4 is 0 Å². The van der Waals surface area contributed by atoms with Crippen LogP contribution in [-0.4, -0.2) is 57.3 Å². The number of hydrogen-bond donors (Lipinski definition) is 0. The largest absolute Gasteiger partial charge is 0.309 e. The molecule has 0 spiro atoms. The number of aromatic nitrogens is 12. The van der Waals surface area contributed by atoms with E-state index in [1.807, 2.05) is 60.7 Å². The Kier molecular flexibility index (Phi) is 21.6. The van der Waals surface area contributed by atoms with Gasteiger partial charge in [-0.15, -0.1) is 0 Å². The lowest BCUT2D eigenvalue weighted by molar-refractivity contribution is 1.13. The van der Waals surface area contributed by atoms with Gasteiger partial charge in [0.25, 0.3) is 0 Å². The van der Waals surface area contributed by atoms with E-state index in [1.54, 1.807) is 0 Å². The molecule has 0 saturated heterocycles. The maximum Gasteiger partial charge on any atom is 0.162 e. The number of para-hydroxylation sites is 12. The topological polar surface area (TPSA) is 107 Å². The summed E-state index contributed by atoms with van der Waals surface area (Å²) in [6, 6.07) is 193. The summed E-state index contributed by atoms with van der Waals surface area (Å²) in [6.45, 7) is 0.